The van der Waals surface area contributed by atoms with Crippen LogP contribution >= 0.6 is 15.9 Å². The van der Waals surface area contributed by atoms with Gasteiger partial charge in [-0.2, -0.15) is 0 Å². The smallest absolute Gasteiger partial charge is 0.0989 e. The molecule has 2 rings (SSSR count). The molecule has 1 aliphatic rings. The third-order valence-electron chi connectivity index (χ3n) is 2.74. The molecule has 80 valence electrons. The van der Waals surface area contributed by atoms with Crippen molar-refractivity contribution in [2.24, 2.45) is 5.92 Å². The Morgan fingerprint density at radius 2 is 2.13 bits per heavy atom. The maximum absolute atomic E-state index is 7.94. The third-order valence-corrected chi connectivity index (χ3v) is 3.51. The molecule has 0 spiro atoms. The summed E-state index contributed by atoms with van der Waals surface area (Å²) in [7, 11) is 2.00. The highest BCUT2D eigenvalue weighted by atomic mass is 79.9. The van der Waals surface area contributed by atoms with E-state index in [9.17, 15) is 0 Å². The molecule has 1 aromatic rings. The normalized spacial score (nSPS) is 15.1. The lowest BCUT2D eigenvalue weighted by Gasteiger charge is -2.20. The van der Waals surface area contributed by atoms with Gasteiger partial charge < -0.3 is 4.90 Å². The van der Waals surface area contributed by atoms with Gasteiger partial charge in [-0.3, -0.25) is 5.41 Å². The largest absolute Gasteiger partial charge is 0.359 e. The lowest BCUT2D eigenvalue weighted by Crippen LogP contribution is -2.26. The zero-order valence-electron chi connectivity index (χ0n) is 8.83. The van der Waals surface area contributed by atoms with E-state index >= 15 is 0 Å². The maximum Gasteiger partial charge on any atom is 0.0989 e. The molecule has 0 heterocycles. The highest BCUT2D eigenvalue weighted by Crippen LogP contribution is 2.31. The molecule has 0 aromatic heterocycles. The number of nitrogens with one attached hydrogen (secondary N) is 1. The number of rotatable bonds is 3. The SMILES string of the molecule is CN(Cc1ccccc1Br)C(=N)C1CC1. The topological polar surface area (TPSA) is 27.1 Å². The van der Waals surface area contributed by atoms with Crippen molar-refractivity contribution in [2.45, 2.75) is 19.4 Å². The molecule has 1 fully saturated rings. The molecule has 1 aliphatic carbocycles. The first-order valence-electron chi connectivity index (χ1n) is 5.21. The second-order valence-corrected chi connectivity index (χ2v) is 4.96. The van der Waals surface area contributed by atoms with Crippen LogP contribution in [-0.4, -0.2) is 17.8 Å². The predicted octanol–water partition coefficient (Wildman–Crippen LogP) is 3.27. The minimum atomic E-state index is 0.525. The van der Waals surface area contributed by atoms with Gasteiger partial charge >= 0.3 is 0 Å². The number of nitrogens with zero attached hydrogens (tertiary/aromatic N) is 1. The first-order chi connectivity index (χ1) is 7.18. The van der Waals surface area contributed by atoms with E-state index in [0.29, 0.717) is 5.92 Å². The Kier molecular flexibility index (Phi) is 3.10. The molecule has 1 saturated carbocycles. The molecule has 0 atom stereocenters. The van der Waals surface area contributed by atoms with Crippen molar-refractivity contribution in [2.75, 3.05) is 7.05 Å². The Morgan fingerprint density at radius 3 is 2.73 bits per heavy atom. The van der Waals surface area contributed by atoms with Crippen molar-refractivity contribution >= 4 is 21.8 Å². The van der Waals surface area contributed by atoms with E-state index in [1.165, 1.54) is 18.4 Å². The fourth-order valence-electron chi connectivity index (χ4n) is 1.64. The minimum absolute atomic E-state index is 0.525. The van der Waals surface area contributed by atoms with Crippen molar-refractivity contribution in [1.82, 2.24) is 4.90 Å². The molecule has 0 saturated heterocycles. The summed E-state index contributed by atoms with van der Waals surface area (Å²) < 4.78 is 1.13. The second-order valence-electron chi connectivity index (χ2n) is 4.11. The van der Waals surface area contributed by atoms with Gasteiger partial charge in [0.15, 0.2) is 0 Å². The molecule has 0 aliphatic heterocycles. The Balaban J connectivity index is 2.01. The fraction of sp³-hybridized carbons (Fsp3) is 0.417. The summed E-state index contributed by atoms with van der Waals surface area (Å²) in [4.78, 5) is 2.04. The van der Waals surface area contributed by atoms with Crippen LogP contribution < -0.4 is 0 Å². The Morgan fingerprint density at radius 1 is 1.47 bits per heavy atom. The molecule has 0 radical (unpaired) electrons. The summed E-state index contributed by atoms with van der Waals surface area (Å²) in [6, 6.07) is 8.19. The molecule has 3 heteroatoms. The second kappa shape index (κ2) is 4.35. The third kappa shape index (κ3) is 2.59. The van der Waals surface area contributed by atoms with Gasteiger partial charge in [0.05, 0.1) is 5.84 Å². The van der Waals surface area contributed by atoms with Crippen LogP contribution in [0.2, 0.25) is 0 Å². The molecule has 0 bridgehead atoms. The zero-order valence-corrected chi connectivity index (χ0v) is 10.4. The number of hydrogen-bond donors (Lipinski definition) is 1. The zero-order chi connectivity index (χ0) is 10.8. The van der Waals surface area contributed by atoms with Crippen LogP contribution in [0.4, 0.5) is 0 Å². The van der Waals surface area contributed by atoms with Gasteiger partial charge in [-0.15, -0.1) is 0 Å². The van der Waals surface area contributed by atoms with Gasteiger partial charge in [-0.25, -0.2) is 0 Å². The molecule has 15 heavy (non-hydrogen) atoms. The lowest BCUT2D eigenvalue weighted by atomic mass is 10.2. The highest BCUT2D eigenvalue weighted by molar-refractivity contribution is 9.10. The van der Waals surface area contributed by atoms with E-state index in [0.717, 1.165) is 16.9 Å². The van der Waals surface area contributed by atoms with Crippen LogP contribution in [0.5, 0.6) is 0 Å². The maximum atomic E-state index is 7.94. The Hall–Kier alpha value is -0.830. The lowest BCUT2D eigenvalue weighted by molar-refractivity contribution is 0.480. The van der Waals surface area contributed by atoms with Crippen LogP contribution in [0.1, 0.15) is 18.4 Å². The number of hydrogen-bond acceptors (Lipinski definition) is 1. The minimum Gasteiger partial charge on any atom is -0.359 e. The van der Waals surface area contributed by atoms with Crippen molar-refractivity contribution in [1.29, 1.82) is 5.41 Å². The van der Waals surface area contributed by atoms with Gasteiger partial charge in [0.25, 0.3) is 0 Å². The Bertz CT molecular complexity index is 372. The van der Waals surface area contributed by atoms with Gasteiger partial charge in [0.1, 0.15) is 0 Å². The van der Waals surface area contributed by atoms with Crippen LogP contribution in [0.3, 0.4) is 0 Å². The molecule has 2 nitrogen and oxygen atoms in total. The molecular weight excluding hydrogens is 252 g/mol. The quantitative estimate of drug-likeness (QED) is 0.660. The monoisotopic (exact) mass is 266 g/mol. The number of benzene rings is 1. The first-order valence-corrected chi connectivity index (χ1v) is 6.01. The standard InChI is InChI=1S/C12H15BrN2/c1-15(12(14)9-6-7-9)8-10-4-2-3-5-11(10)13/h2-5,9,14H,6-8H2,1H3. The van der Waals surface area contributed by atoms with Crippen LogP contribution in [0, 0.1) is 11.3 Å². The van der Waals surface area contributed by atoms with Crippen molar-refractivity contribution in [3.8, 4) is 0 Å². The van der Waals surface area contributed by atoms with E-state index < -0.39 is 0 Å². The van der Waals surface area contributed by atoms with E-state index in [1.54, 1.807) is 0 Å². The summed E-state index contributed by atoms with van der Waals surface area (Å²) >= 11 is 3.53. The van der Waals surface area contributed by atoms with Crippen molar-refractivity contribution in [3.63, 3.8) is 0 Å². The molecule has 1 N–H and O–H groups in total. The molecule has 0 amide bonds. The number of halogens is 1. The van der Waals surface area contributed by atoms with Crippen LogP contribution in [0.15, 0.2) is 28.7 Å². The average Bonchev–Trinajstić information content (AvgIpc) is 3.04. The summed E-state index contributed by atoms with van der Waals surface area (Å²) in [5, 5.41) is 7.94. The van der Waals surface area contributed by atoms with Crippen LogP contribution in [-0.2, 0) is 6.54 Å². The van der Waals surface area contributed by atoms with Crippen LogP contribution in [0.25, 0.3) is 0 Å². The summed E-state index contributed by atoms with van der Waals surface area (Å²) in [6.45, 7) is 0.816. The predicted molar refractivity (Wildman–Crippen MR) is 66.1 cm³/mol. The van der Waals surface area contributed by atoms with E-state index in [4.69, 9.17) is 5.41 Å². The molecule has 1 aromatic carbocycles. The molecule has 0 unspecified atom stereocenters. The van der Waals surface area contributed by atoms with Crippen molar-refractivity contribution < 1.29 is 0 Å². The van der Waals surface area contributed by atoms with Crippen molar-refractivity contribution in [3.05, 3.63) is 34.3 Å². The first kappa shape index (κ1) is 10.7. The Labute approximate surface area is 98.9 Å². The van der Waals surface area contributed by atoms with E-state index in [2.05, 4.69) is 22.0 Å². The summed E-state index contributed by atoms with van der Waals surface area (Å²) in [5.74, 6) is 1.31. The van der Waals surface area contributed by atoms with Gasteiger partial charge in [0, 0.05) is 24.0 Å². The van der Waals surface area contributed by atoms with E-state index in [-0.39, 0.29) is 0 Å². The summed E-state index contributed by atoms with van der Waals surface area (Å²) in [6.07, 6.45) is 2.39. The fourth-order valence-corrected chi connectivity index (χ4v) is 2.05. The van der Waals surface area contributed by atoms with Gasteiger partial charge in [0.2, 0.25) is 0 Å². The highest BCUT2D eigenvalue weighted by Gasteiger charge is 2.28. The number of amidine groups is 1. The van der Waals surface area contributed by atoms with E-state index in [1.807, 2.05) is 30.1 Å². The average molecular weight is 267 g/mol. The van der Waals surface area contributed by atoms with Gasteiger partial charge in [-0.05, 0) is 24.5 Å². The van der Waals surface area contributed by atoms with Gasteiger partial charge in [-0.1, -0.05) is 34.1 Å². The molecular formula is C12H15BrN2. The summed E-state index contributed by atoms with van der Waals surface area (Å²) in [5.41, 5.74) is 1.24.